The van der Waals surface area contributed by atoms with Gasteiger partial charge in [-0.1, -0.05) is 26.0 Å². The summed E-state index contributed by atoms with van der Waals surface area (Å²) in [6.07, 6.45) is 4.66. The summed E-state index contributed by atoms with van der Waals surface area (Å²) >= 11 is 0. The number of halogens is 2. The Morgan fingerprint density at radius 1 is 1.33 bits per heavy atom. The topological polar surface area (TPSA) is 66.7 Å². The molecule has 0 bridgehead atoms. The van der Waals surface area contributed by atoms with Crippen LogP contribution in [0.25, 0.3) is 0 Å². The van der Waals surface area contributed by atoms with Crippen molar-refractivity contribution in [2.45, 2.75) is 46.0 Å². The molecule has 1 aliphatic heterocycles. The number of hydrogen-bond acceptors (Lipinski definition) is 4. The molecule has 3 rings (SSSR count). The van der Waals surface area contributed by atoms with Crippen LogP contribution in [0.3, 0.4) is 0 Å². The van der Waals surface area contributed by atoms with Gasteiger partial charge in [0.2, 0.25) is 0 Å². The zero-order chi connectivity index (χ0) is 21.5. The minimum Gasteiger partial charge on any atom is -0.433 e. The van der Waals surface area contributed by atoms with Crippen LogP contribution in [0.1, 0.15) is 26.1 Å². The van der Waals surface area contributed by atoms with Crippen LogP contribution in [0.4, 0.5) is 14.5 Å². The lowest BCUT2D eigenvalue weighted by Crippen LogP contribution is -2.44. The molecular weight excluding hydrogens is 390 g/mol. The van der Waals surface area contributed by atoms with Crippen LogP contribution in [0, 0.1) is 5.92 Å². The molecule has 1 aliphatic rings. The van der Waals surface area contributed by atoms with Crippen LogP contribution in [0.5, 0.6) is 5.75 Å². The third kappa shape index (κ3) is 5.84. The molecule has 1 unspecified atom stereocenters. The summed E-state index contributed by atoms with van der Waals surface area (Å²) in [6, 6.07) is 7.05. The van der Waals surface area contributed by atoms with E-state index in [2.05, 4.69) is 48.7 Å². The number of anilines is 1. The van der Waals surface area contributed by atoms with Gasteiger partial charge in [-0.05, 0) is 24.5 Å². The van der Waals surface area contributed by atoms with Gasteiger partial charge >= 0.3 is 6.61 Å². The molecule has 1 atom stereocenters. The van der Waals surface area contributed by atoms with Gasteiger partial charge in [0, 0.05) is 45.1 Å². The highest BCUT2D eigenvalue weighted by molar-refractivity contribution is 5.80. The highest BCUT2D eigenvalue weighted by Gasteiger charge is 2.26. The van der Waals surface area contributed by atoms with E-state index in [1.54, 1.807) is 19.2 Å². The Morgan fingerprint density at radius 3 is 2.87 bits per heavy atom. The van der Waals surface area contributed by atoms with Crippen molar-refractivity contribution in [3.8, 4) is 5.75 Å². The average Bonchev–Trinajstić information content (AvgIpc) is 3.34. The number of rotatable bonds is 8. The SMILES string of the molecule is CN=C(NCc1nccn1CC(C)C)NC1CCN(c2ccccc2OC(F)F)C1. The van der Waals surface area contributed by atoms with E-state index in [-0.39, 0.29) is 11.8 Å². The van der Waals surface area contributed by atoms with Crippen LogP contribution < -0.4 is 20.3 Å². The van der Waals surface area contributed by atoms with Gasteiger partial charge in [-0.15, -0.1) is 0 Å². The highest BCUT2D eigenvalue weighted by Crippen LogP contribution is 2.31. The van der Waals surface area contributed by atoms with E-state index >= 15 is 0 Å². The quantitative estimate of drug-likeness (QED) is 0.508. The zero-order valence-electron chi connectivity index (χ0n) is 17.7. The van der Waals surface area contributed by atoms with E-state index in [1.807, 2.05) is 24.5 Å². The number of alkyl halides is 2. The summed E-state index contributed by atoms with van der Waals surface area (Å²) in [5.74, 6) is 2.39. The van der Waals surface area contributed by atoms with Crippen molar-refractivity contribution in [2.24, 2.45) is 10.9 Å². The summed E-state index contributed by atoms with van der Waals surface area (Å²) < 4.78 is 32.2. The summed E-state index contributed by atoms with van der Waals surface area (Å²) in [5, 5.41) is 6.74. The van der Waals surface area contributed by atoms with Crippen LogP contribution in [-0.2, 0) is 13.1 Å². The van der Waals surface area contributed by atoms with Gasteiger partial charge in [-0.25, -0.2) is 4.98 Å². The molecule has 0 spiro atoms. The Balaban J connectivity index is 1.55. The smallest absolute Gasteiger partial charge is 0.387 e. The lowest BCUT2D eigenvalue weighted by Gasteiger charge is -2.22. The van der Waals surface area contributed by atoms with Gasteiger partial charge in [-0.3, -0.25) is 4.99 Å². The maximum absolute atomic E-state index is 12.7. The third-order valence-electron chi connectivity index (χ3n) is 4.95. The van der Waals surface area contributed by atoms with Crippen LogP contribution >= 0.6 is 0 Å². The number of ether oxygens (including phenoxy) is 1. The van der Waals surface area contributed by atoms with Crippen molar-refractivity contribution < 1.29 is 13.5 Å². The number of benzene rings is 1. The molecular formula is C21H30F2N6O. The number of nitrogens with zero attached hydrogens (tertiary/aromatic N) is 4. The van der Waals surface area contributed by atoms with Gasteiger partial charge in [-0.2, -0.15) is 8.78 Å². The van der Waals surface area contributed by atoms with Crippen LogP contribution in [0.2, 0.25) is 0 Å². The molecule has 2 aromatic rings. The van der Waals surface area contributed by atoms with Crippen molar-refractivity contribution in [3.63, 3.8) is 0 Å². The summed E-state index contributed by atoms with van der Waals surface area (Å²) in [7, 11) is 1.73. The summed E-state index contributed by atoms with van der Waals surface area (Å²) in [4.78, 5) is 10.8. The van der Waals surface area contributed by atoms with Crippen molar-refractivity contribution in [3.05, 3.63) is 42.5 Å². The highest BCUT2D eigenvalue weighted by atomic mass is 19.3. The molecule has 1 saturated heterocycles. The number of aliphatic imine (C=N–C) groups is 1. The Kier molecular flexibility index (Phi) is 7.48. The van der Waals surface area contributed by atoms with E-state index < -0.39 is 6.61 Å². The van der Waals surface area contributed by atoms with Crippen LogP contribution in [-0.4, -0.2) is 48.3 Å². The lowest BCUT2D eigenvalue weighted by molar-refractivity contribution is -0.0495. The van der Waals surface area contributed by atoms with E-state index in [0.29, 0.717) is 30.7 Å². The van der Waals surface area contributed by atoms with Crippen LogP contribution in [0.15, 0.2) is 41.7 Å². The normalized spacial score (nSPS) is 17.1. The Morgan fingerprint density at radius 2 is 2.13 bits per heavy atom. The maximum atomic E-state index is 12.7. The molecule has 2 heterocycles. The van der Waals surface area contributed by atoms with E-state index in [1.165, 1.54) is 0 Å². The molecule has 1 aromatic heterocycles. The number of para-hydroxylation sites is 2. The van der Waals surface area contributed by atoms with Gasteiger partial charge < -0.3 is 24.8 Å². The lowest BCUT2D eigenvalue weighted by atomic mass is 10.2. The zero-order valence-corrected chi connectivity index (χ0v) is 17.7. The number of imidazole rings is 1. The minimum absolute atomic E-state index is 0.145. The molecule has 1 fully saturated rings. The van der Waals surface area contributed by atoms with E-state index in [0.717, 1.165) is 25.3 Å². The third-order valence-corrected chi connectivity index (χ3v) is 4.95. The first-order valence-corrected chi connectivity index (χ1v) is 10.2. The molecule has 30 heavy (non-hydrogen) atoms. The van der Waals surface area contributed by atoms with Crippen molar-refractivity contribution in [1.29, 1.82) is 0 Å². The first kappa shape index (κ1) is 21.9. The molecule has 2 N–H and O–H groups in total. The number of hydrogen-bond donors (Lipinski definition) is 2. The van der Waals surface area contributed by atoms with Gasteiger partial charge in [0.1, 0.15) is 11.6 Å². The largest absolute Gasteiger partial charge is 0.433 e. The Labute approximate surface area is 176 Å². The number of nitrogens with one attached hydrogen (secondary N) is 2. The Hall–Kier alpha value is -2.84. The van der Waals surface area contributed by atoms with Gasteiger partial charge in [0.05, 0.1) is 12.2 Å². The second-order valence-corrected chi connectivity index (χ2v) is 7.74. The van der Waals surface area contributed by atoms with Gasteiger partial charge in [0.25, 0.3) is 0 Å². The number of guanidine groups is 1. The molecule has 0 amide bonds. The predicted molar refractivity (Wildman–Crippen MR) is 114 cm³/mol. The fourth-order valence-corrected chi connectivity index (χ4v) is 3.63. The van der Waals surface area contributed by atoms with Crippen molar-refractivity contribution >= 4 is 11.6 Å². The van der Waals surface area contributed by atoms with Gasteiger partial charge in [0.15, 0.2) is 5.96 Å². The number of aromatic nitrogens is 2. The standard InChI is InChI=1S/C21H30F2N6O/c1-15(2)13-29-11-9-25-19(29)12-26-21(24-3)27-16-8-10-28(14-16)17-6-4-5-7-18(17)30-20(22)23/h4-7,9,11,15-16,20H,8,10,12-14H2,1-3H3,(H2,24,26,27). The monoisotopic (exact) mass is 420 g/mol. The first-order valence-electron chi connectivity index (χ1n) is 10.2. The molecule has 164 valence electrons. The Bertz CT molecular complexity index is 838. The predicted octanol–water partition coefficient (Wildman–Crippen LogP) is 3.08. The molecule has 1 aromatic carbocycles. The molecule has 7 nitrogen and oxygen atoms in total. The first-order chi connectivity index (χ1) is 14.5. The summed E-state index contributed by atoms with van der Waals surface area (Å²) in [6.45, 7) is 4.42. The molecule has 0 aliphatic carbocycles. The second-order valence-electron chi connectivity index (χ2n) is 7.74. The van der Waals surface area contributed by atoms with E-state index in [4.69, 9.17) is 0 Å². The van der Waals surface area contributed by atoms with Crippen molar-refractivity contribution in [2.75, 3.05) is 25.0 Å². The average molecular weight is 421 g/mol. The molecule has 0 saturated carbocycles. The maximum Gasteiger partial charge on any atom is 0.387 e. The molecule has 9 heteroatoms. The van der Waals surface area contributed by atoms with Crippen molar-refractivity contribution in [1.82, 2.24) is 20.2 Å². The minimum atomic E-state index is -2.84. The second kappa shape index (κ2) is 10.3. The fraction of sp³-hybridized carbons (Fsp3) is 0.524. The molecule has 0 radical (unpaired) electrons. The van der Waals surface area contributed by atoms with E-state index in [9.17, 15) is 8.78 Å². The fourth-order valence-electron chi connectivity index (χ4n) is 3.63. The summed E-state index contributed by atoms with van der Waals surface area (Å²) in [5.41, 5.74) is 0.681.